The smallest absolute Gasteiger partial charge is 0.117 e. The Morgan fingerprint density at radius 1 is 1.29 bits per heavy atom. The van der Waals surface area contributed by atoms with E-state index >= 15 is 0 Å². The van der Waals surface area contributed by atoms with E-state index < -0.39 is 0 Å². The van der Waals surface area contributed by atoms with Crippen molar-refractivity contribution in [1.29, 1.82) is 0 Å². The van der Waals surface area contributed by atoms with E-state index in [2.05, 4.69) is 16.4 Å². The predicted octanol–water partition coefficient (Wildman–Crippen LogP) is 2.21. The van der Waals surface area contributed by atoms with Crippen LogP contribution < -0.4 is 5.32 Å². The van der Waals surface area contributed by atoms with Crippen molar-refractivity contribution in [3.05, 3.63) is 47.7 Å². The second-order valence-corrected chi connectivity index (χ2v) is 3.31. The van der Waals surface area contributed by atoms with Crippen molar-refractivity contribution in [2.75, 3.05) is 0 Å². The third-order valence-corrected chi connectivity index (χ3v) is 2.07. The molecule has 2 heterocycles. The molecule has 3 nitrogen and oxygen atoms in total. The second kappa shape index (κ2) is 4.15. The van der Waals surface area contributed by atoms with E-state index in [-0.39, 0.29) is 0 Å². The minimum absolute atomic E-state index is 0.771. The highest BCUT2D eigenvalue weighted by Crippen LogP contribution is 2.05. The van der Waals surface area contributed by atoms with Gasteiger partial charge in [-0.2, -0.15) is 0 Å². The van der Waals surface area contributed by atoms with Crippen LogP contribution in [0, 0.1) is 6.92 Å². The van der Waals surface area contributed by atoms with Gasteiger partial charge in [0.05, 0.1) is 6.54 Å². The third kappa shape index (κ3) is 2.26. The Morgan fingerprint density at radius 3 is 2.86 bits per heavy atom. The first-order valence-corrected chi connectivity index (χ1v) is 4.73. The molecule has 0 aliphatic heterocycles. The Labute approximate surface area is 83.1 Å². The van der Waals surface area contributed by atoms with Crippen molar-refractivity contribution in [2.24, 2.45) is 0 Å². The number of hydrogen-bond acceptors (Lipinski definition) is 2. The van der Waals surface area contributed by atoms with Crippen LogP contribution in [0.4, 0.5) is 0 Å². The molecule has 0 aliphatic rings. The van der Waals surface area contributed by atoms with Gasteiger partial charge in [-0.15, -0.1) is 0 Å². The summed E-state index contributed by atoms with van der Waals surface area (Å²) in [6, 6.07) is 8.02. The summed E-state index contributed by atoms with van der Waals surface area (Å²) in [4.78, 5) is 3.14. The average molecular weight is 190 g/mol. The lowest BCUT2D eigenvalue weighted by Crippen LogP contribution is -2.12. The van der Waals surface area contributed by atoms with Gasteiger partial charge in [0, 0.05) is 18.4 Å². The van der Waals surface area contributed by atoms with E-state index in [1.165, 1.54) is 5.69 Å². The van der Waals surface area contributed by atoms with Gasteiger partial charge in [-0.1, -0.05) is 0 Å². The van der Waals surface area contributed by atoms with Crippen molar-refractivity contribution in [3.8, 4) is 0 Å². The summed E-state index contributed by atoms with van der Waals surface area (Å²) < 4.78 is 5.43. The monoisotopic (exact) mass is 190 g/mol. The molecule has 0 saturated carbocycles. The minimum atomic E-state index is 0.771. The molecule has 0 unspecified atom stereocenters. The molecule has 3 heteroatoms. The molecule has 0 spiro atoms. The van der Waals surface area contributed by atoms with Crippen molar-refractivity contribution < 1.29 is 4.42 Å². The maximum Gasteiger partial charge on any atom is 0.117 e. The van der Waals surface area contributed by atoms with Crippen LogP contribution >= 0.6 is 0 Å². The zero-order valence-corrected chi connectivity index (χ0v) is 8.21. The second-order valence-electron chi connectivity index (χ2n) is 3.31. The van der Waals surface area contributed by atoms with Gasteiger partial charge in [0.15, 0.2) is 0 Å². The number of hydrogen-bond donors (Lipinski definition) is 2. The Balaban J connectivity index is 1.78. The summed E-state index contributed by atoms with van der Waals surface area (Å²) in [5, 5.41) is 3.29. The fourth-order valence-corrected chi connectivity index (χ4v) is 1.38. The van der Waals surface area contributed by atoms with Crippen molar-refractivity contribution in [2.45, 2.75) is 20.0 Å². The first kappa shape index (κ1) is 9.09. The van der Waals surface area contributed by atoms with E-state index in [0.29, 0.717) is 0 Å². The van der Waals surface area contributed by atoms with Crippen molar-refractivity contribution in [1.82, 2.24) is 10.3 Å². The van der Waals surface area contributed by atoms with Crippen LogP contribution in [0.2, 0.25) is 0 Å². The number of aromatic amines is 1. The zero-order chi connectivity index (χ0) is 9.80. The van der Waals surface area contributed by atoms with Crippen LogP contribution in [-0.2, 0) is 13.1 Å². The topological polar surface area (TPSA) is 41.0 Å². The molecule has 2 N–H and O–H groups in total. The Morgan fingerprint density at radius 2 is 2.21 bits per heavy atom. The lowest BCUT2D eigenvalue weighted by molar-refractivity contribution is 0.461. The van der Waals surface area contributed by atoms with E-state index in [1.807, 2.05) is 31.3 Å². The molecule has 0 atom stereocenters. The first-order valence-electron chi connectivity index (χ1n) is 4.73. The van der Waals surface area contributed by atoms with Crippen LogP contribution in [0.1, 0.15) is 17.2 Å². The SMILES string of the molecule is Cc1ccc(CNCc2ccc[nH]2)o1. The molecule has 2 aromatic rings. The predicted molar refractivity (Wildman–Crippen MR) is 54.8 cm³/mol. The summed E-state index contributed by atoms with van der Waals surface area (Å²) in [6.07, 6.45) is 1.92. The van der Waals surface area contributed by atoms with Crippen LogP contribution in [0.3, 0.4) is 0 Å². The van der Waals surface area contributed by atoms with Gasteiger partial charge < -0.3 is 14.7 Å². The van der Waals surface area contributed by atoms with Gasteiger partial charge >= 0.3 is 0 Å². The Bertz CT molecular complexity index is 376. The molecule has 0 fully saturated rings. The van der Waals surface area contributed by atoms with Gasteiger partial charge in [0.1, 0.15) is 11.5 Å². The lowest BCUT2D eigenvalue weighted by atomic mass is 10.4. The van der Waals surface area contributed by atoms with E-state index in [4.69, 9.17) is 4.42 Å². The fourth-order valence-electron chi connectivity index (χ4n) is 1.38. The molecule has 74 valence electrons. The van der Waals surface area contributed by atoms with E-state index in [0.717, 1.165) is 24.6 Å². The molecular formula is C11H14N2O. The average Bonchev–Trinajstić information content (AvgIpc) is 2.77. The highest BCUT2D eigenvalue weighted by Gasteiger charge is 1.97. The quantitative estimate of drug-likeness (QED) is 0.776. The molecule has 0 aliphatic carbocycles. The molecule has 14 heavy (non-hydrogen) atoms. The molecule has 0 bridgehead atoms. The van der Waals surface area contributed by atoms with Crippen LogP contribution in [0.5, 0.6) is 0 Å². The maximum absolute atomic E-state index is 5.43. The summed E-state index contributed by atoms with van der Waals surface area (Å²) in [5.74, 6) is 1.94. The lowest BCUT2D eigenvalue weighted by Gasteiger charge is -1.99. The van der Waals surface area contributed by atoms with Crippen LogP contribution in [-0.4, -0.2) is 4.98 Å². The maximum atomic E-state index is 5.43. The van der Waals surface area contributed by atoms with Gasteiger partial charge in [0.2, 0.25) is 0 Å². The highest BCUT2D eigenvalue weighted by atomic mass is 16.3. The fraction of sp³-hybridized carbons (Fsp3) is 0.273. The van der Waals surface area contributed by atoms with E-state index in [9.17, 15) is 0 Å². The Kier molecular flexibility index (Phi) is 2.70. The number of H-pyrrole nitrogens is 1. The van der Waals surface area contributed by atoms with Crippen molar-refractivity contribution >= 4 is 0 Å². The third-order valence-electron chi connectivity index (χ3n) is 2.07. The van der Waals surface area contributed by atoms with Crippen molar-refractivity contribution in [3.63, 3.8) is 0 Å². The number of furan rings is 1. The molecular weight excluding hydrogens is 176 g/mol. The summed E-state index contributed by atoms with van der Waals surface area (Å²) in [5.41, 5.74) is 1.19. The summed E-state index contributed by atoms with van der Waals surface area (Å²) in [6.45, 7) is 3.56. The molecule has 0 amide bonds. The molecule has 0 radical (unpaired) electrons. The Hall–Kier alpha value is -1.48. The first-order chi connectivity index (χ1) is 6.84. The number of aryl methyl sites for hydroxylation is 1. The van der Waals surface area contributed by atoms with Gasteiger partial charge in [0.25, 0.3) is 0 Å². The molecule has 0 aromatic carbocycles. The van der Waals surface area contributed by atoms with Crippen LogP contribution in [0.25, 0.3) is 0 Å². The van der Waals surface area contributed by atoms with Gasteiger partial charge in [-0.25, -0.2) is 0 Å². The molecule has 2 rings (SSSR count). The largest absolute Gasteiger partial charge is 0.465 e. The summed E-state index contributed by atoms with van der Waals surface area (Å²) >= 11 is 0. The van der Waals surface area contributed by atoms with Gasteiger partial charge in [-0.05, 0) is 31.2 Å². The standard InChI is InChI=1S/C11H14N2O/c1-9-4-5-11(14-9)8-12-7-10-3-2-6-13-10/h2-6,12-13H,7-8H2,1H3. The number of aromatic nitrogens is 1. The van der Waals surface area contributed by atoms with Crippen LogP contribution in [0.15, 0.2) is 34.9 Å². The minimum Gasteiger partial charge on any atom is -0.465 e. The number of nitrogens with one attached hydrogen (secondary N) is 2. The zero-order valence-electron chi connectivity index (χ0n) is 8.21. The normalized spacial score (nSPS) is 10.6. The summed E-state index contributed by atoms with van der Waals surface area (Å²) in [7, 11) is 0. The van der Waals surface area contributed by atoms with E-state index in [1.54, 1.807) is 0 Å². The number of rotatable bonds is 4. The molecule has 2 aromatic heterocycles. The van der Waals surface area contributed by atoms with Gasteiger partial charge in [-0.3, -0.25) is 0 Å². The molecule has 0 saturated heterocycles. The highest BCUT2D eigenvalue weighted by molar-refractivity contribution is 5.06.